The van der Waals surface area contributed by atoms with Crippen LogP contribution in [0.1, 0.15) is 17.3 Å². The van der Waals surface area contributed by atoms with E-state index in [0.717, 1.165) is 0 Å². The van der Waals surface area contributed by atoms with Crippen molar-refractivity contribution < 1.29 is 18.3 Å². The van der Waals surface area contributed by atoms with E-state index >= 15 is 0 Å². The zero-order valence-electron chi connectivity index (χ0n) is 10.0. The summed E-state index contributed by atoms with van der Waals surface area (Å²) in [5.74, 6) is -0.937. The van der Waals surface area contributed by atoms with Gasteiger partial charge in [-0.05, 0) is 18.2 Å². The molecule has 0 radical (unpaired) electrons. The van der Waals surface area contributed by atoms with Gasteiger partial charge in [0, 0.05) is 12.3 Å². The Morgan fingerprint density at radius 2 is 2.11 bits per heavy atom. The second-order valence-electron chi connectivity index (χ2n) is 3.77. The van der Waals surface area contributed by atoms with Gasteiger partial charge >= 0.3 is 5.97 Å². The van der Waals surface area contributed by atoms with Gasteiger partial charge in [0.2, 0.25) is 0 Å². The van der Waals surface area contributed by atoms with Gasteiger partial charge in [-0.15, -0.1) is 0 Å². The fraction of sp³-hybridized carbons (Fsp3) is 0.364. The van der Waals surface area contributed by atoms with Crippen LogP contribution in [0.4, 0.5) is 11.4 Å². The summed E-state index contributed by atoms with van der Waals surface area (Å²) >= 11 is 0. The smallest absolute Gasteiger partial charge is 0.335 e. The lowest BCUT2D eigenvalue weighted by atomic mass is 10.2. The van der Waals surface area contributed by atoms with Gasteiger partial charge in [-0.2, -0.15) is 0 Å². The molecule has 0 saturated heterocycles. The maximum absolute atomic E-state index is 11.3. The van der Waals surface area contributed by atoms with Crippen LogP contribution in [0.15, 0.2) is 18.2 Å². The van der Waals surface area contributed by atoms with Crippen LogP contribution in [0.2, 0.25) is 0 Å². The molecule has 4 N–H and O–H groups in total. The summed E-state index contributed by atoms with van der Waals surface area (Å²) in [4.78, 5) is 10.7. The largest absolute Gasteiger partial charge is 0.478 e. The highest BCUT2D eigenvalue weighted by Gasteiger charge is 2.09. The van der Waals surface area contributed by atoms with E-state index in [4.69, 9.17) is 10.8 Å². The number of rotatable bonds is 6. The Kier molecular flexibility index (Phi) is 4.55. The molecule has 0 amide bonds. The third-order valence-electron chi connectivity index (χ3n) is 2.47. The minimum atomic E-state index is -3.02. The molecule has 100 valence electrons. The first-order valence-electron chi connectivity index (χ1n) is 5.43. The average molecular weight is 272 g/mol. The van der Waals surface area contributed by atoms with Gasteiger partial charge in [0.15, 0.2) is 9.84 Å². The quantitative estimate of drug-likeness (QED) is 0.661. The molecule has 0 heterocycles. The molecule has 7 heteroatoms. The third-order valence-corrected chi connectivity index (χ3v) is 4.17. The van der Waals surface area contributed by atoms with Crippen LogP contribution in [-0.4, -0.2) is 37.5 Å². The second-order valence-corrected chi connectivity index (χ2v) is 6.24. The Balaban J connectivity index is 2.67. The number of hydrogen-bond donors (Lipinski definition) is 3. The zero-order valence-corrected chi connectivity index (χ0v) is 10.8. The van der Waals surface area contributed by atoms with E-state index < -0.39 is 15.8 Å². The number of nitrogens with two attached hydrogens (primary N) is 1. The summed E-state index contributed by atoms with van der Waals surface area (Å²) in [5.41, 5.74) is 6.58. The highest BCUT2D eigenvalue weighted by molar-refractivity contribution is 7.91. The van der Waals surface area contributed by atoms with Crippen molar-refractivity contribution in [2.75, 3.05) is 29.1 Å². The van der Waals surface area contributed by atoms with E-state index in [-0.39, 0.29) is 29.3 Å². The molecule has 18 heavy (non-hydrogen) atoms. The number of anilines is 2. The monoisotopic (exact) mass is 272 g/mol. The first-order valence-corrected chi connectivity index (χ1v) is 7.25. The fourth-order valence-electron chi connectivity index (χ4n) is 1.34. The number of nitrogen functional groups attached to an aromatic ring is 1. The molecule has 6 nitrogen and oxygen atoms in total. The molecule has 0 bridgehead atoms. The predicted octanol–water partition coefficient (Wildman–Crippen LogP) is 0.814. The fourth-order valence-corrected chi connectivity index (χ4v) is 2.04. The molecule has 1 rings (SSSR count). The van der Waals surface area contributed by atoms with Crippen molar-refractivity contribution in [3.63, 3.8) is 0 Å². The molecule has 0 aliphatic carbocycles. The van der Waals surface area contributed by atoms with Crippen LogP contribution in [0.25, 0.3) is 0 Å². The molecule has 0 fully saturated rings. The number of hydrogen-bond acceptors (Lipinski definition) is 5. The van der Waals surface area contributed by atoms with E-state index in [1.165, 1.54) is 18.2 Å². The number of aromatic carboxylic acids is 1. The number of sulfone groups is 1. The summed E-state index contributed by atoms with van der Waals surface area (Å²) in [6.07, 6.45) is 0. The molecule has 1 aromatic rings. The van der Waals surface area contributed by atoms with Crippen molar-refractivity contribution >= 4 is 27.2 Å². The number of nitrogens with one attached hydrogen (secondary N) is 1. The summed E-state index contributed by atoms with van der Waals surface area (Å²) in [6.45, 7) is 1.83. The van der Waals surface area contributed by atoms with Crippen LogP contribution in [0, 0.1) is 0 Å². The highest BCUT2D eigenvalue weighted by Crippen LogP contribution is 2.19. The Hall–Kier alpha value is -1.76. The van der Waals surface area contributed by atoms with E-state index in [2.05, 4.69) is 5.32 Å². The zero-order chi connectivity index (χ0) is 13.8. The SMILES string of the molecule is CCS(=O)(=O)CCNc1ccc(C(=O)O)cc1N. The average Bonchev–Trinajstić information content (AvgIpc) is 2.31. The molecular weight excluding hydrogens is 256 g/mol. The number of carbonyl (C=O) groups is 1. The molecule has 0 atom stereocenters. The normalized spacial score (nSPS) is 11.2. The van der Waals surface area contributed by atoms with E-state index in [1.807, 2.05) is 0 Å². The van der Waals surface area contributed by atoms with Crippen molar-refractivity contribution in [3.8, 4) is 0 Å². The van der Waals surface area contributed by atoms with Crippen LogP contribution in [0.5, 0.6) is 0 Å². The molecule has 0 aliphatic rings. The van der Waals surface area contributed by atoms with Gasteiger partial charge in [-0.25, -0.2) is 13.2 Å². The molecule has 0 unspecified atom stereocenters. The highest BCUT2D eigenvalue weighted by atomic mass is 32.2. The summed E-state index contributed by atoms with van der Waals surface area (Å²) in [5, 5.41) is 11.6. The van der Waals surface area contributed by atoms with Crippen molar-refractivity contribution in [3.05, 3.63) is 23.8 Å². The Morgan fingerprint density at radius 1 is 1.44 bits per heavy atom. The summed E-state index contributed by atoms with van der Waals surface area (Å²) in [7, 11) is -3.02. The van der Waals surface area contributed by atoms with E-state index in [1.54, 1.807) is 6.92 Å². The first-order chi connectivity index (χ1) is 8.35. The third kappa shape index (κ3) is 3.92. The maximum Gasteiger partial charge on any atom is 0.335 e. The summed E-state index contributed by atoms with van der Waals surface area (Å²) < 4.78 is 22.5. The standard InChI is InChI=1S/C11H16N2O4S/c1-2-18(16,17)6-5-13-10-4-3-8(11(14)15)7-9(10)12/h3-4,7,13H,2,5-6,12H2,1H3,(H,14,15). The van der Waals surface area contributed by atoms with Crippen LogP contribution >= 0.6 is 0 Å². The topological polar surface area (TPSA) is 109 Å². The van der Waals surface area contributed by atoms with E-state index in [0.29, 0.717) is 5.69 Å². The Bertz CT molecular complexity index is 540. The maximum atomic E-state index is 11.3. The molecule has 1 aromatic carbocycles. The van der Waals surface area contributed by atoms with Crippen LogP contribution in [-0.2, 0) is 9.84 Å². The van der Waals surface area contributed by atoms with Gasteiger partial charge < -0.3 is 16.2 Å². The van der Waals surface area contributed by atoms with E-state index in [9.17, 15) is 13.2 Å². The molecule has 0 spiro atoms. The number of carboxylic acids is 1. The summed E-state index contributed by atoms with van der Waals surface area (Å²) in [6, 6.07) is 4.27. The molecule has 0 aromatic heterocycles. The minimum Gasteiger partial charge on any atom is -0.478 e. The lowest BCUT2D eigenvalue weighted by Gasteiger charge is -2.09. The lowest BCUT2D eigenvalue weighted by Crippen LogP contribution is -2.17. The number of benzene rings is 1. The molecular formula is C11H16N2O4S. The lowest BCUT2D eigenvalue weighted by molar-refractivity contribution is 0.0697. The van der Waals surface area contributed by atoms with Gasteiger partial charge in [0.05, 0.1) is 22.7 Å². The van der Waals surface area contributed by atoms with Crippen molar-refractivity contribution in [1.29, 1.82) is 0 Å². The van der Waals surface area contributed by atoms with Gasteiger partial charge in [0.25, 0.3) is 0 Å². The Morgan fingerprint density at radius 3 is 2.61 bits per heavy atom. The van der Waals surface area contributed by atoms with Gasteiger partial charge in [-0.1, -0.05) is 6.92 Å². The van der Waals surface area contributed by atoms with Crippen LogP contribution < -0.4 is 11.1 Å². The second kappa shape index (κ2) is 5.72. The van der Waals surface area contributed by atoms with Gasteiger partial charge in [-0.3, -0.25) is 0 Å². The Labute approximate surface area is 106 Å². The molecule has 0 aliphatic heterocycles. The minimum absolute atomic E-state index is 0.0175. The molecule has 0 saturated carbocycles. The predicted molar refractivity (Wildman–Crippen MR) is 70.6 cm³/mol. The first kappa shape index (κ1) is 14.3. The van der Waals surface area contributed by atoms with Gasteiger partial charge in [0.1, 0.15) is 0 Å². The van der Waals surface area contributed by atoms with Crippen LogP contribution in [0.3, 0.4) is 0 Å². The van der Waals surface area contributed by atoms with Crippen molar-refractivity contribution in [2.24, 2.45) is 0 Å². The van der Waals surface area contributed by atoms with Crippen molar-refractivity contribution in [2.45, 2.75) is 6.92 Å². The number of carboxylic acid groups (broad SMARTS) is 1. The van der Waals surface area contributed by atoms with Crippen molar-refractivity contribution in [1.82, 2.24) is 0 Å².